The van der Waals surface area contributed by atoms with Crippen molar-refractivity contribution in [3.63, 3.8) is 0 Å². The molecule has 0 radical (unpaired) electrons. The van der Waals surface area contributed by atoms with Gasteiger partial charge in [0.1, 0.15) is 0 Å². The van der Waals surface area contributed by atoms with E-state index in [4.69, 9.17) is 23.2 Å². The Kier molecular flexibility index (Phi) is 5.79. The number of hydrogen-bond donors (Lipinski definition) is 1. The molecular weight excluding hydrogens is 337 g/mol. The zero-order chi connectivity index (χ0) is 16.3. The summed E-state index contributed by atoms with van der Waals surface area (Å²) in [6.45, 7) is 5.96. The third-order valence-electron chi connectivity index (χ3n) is 3.21. The van der Waals surface area contributed by atoms with Gasteiger partial charge in [0.05, 0.1) is 21.0 Å². The van der Waals surface area contributed by atoms with Crippen LogP contribution in [-0.4, -0.2) is 11.2 Å². The highest BCUT2D eigenvalue weighted by Gasteiger charge is 2.18. The molecule has 1 atom stereocenters. The Morgan fingerprint density at radius 1 is 1.14 bits per heavy atom. The number of para-hydroxylation sites is 1. The zero-order valence-electron chi connectivity index (χ0n) is 12.6. The molecule has 0 heterocycles. The maximum absolute atomic E-state index is 12.4. The molecule has 5 heteroatoms. The molecule has 2 aromatic carbocycles. The number of carbonyl (C=O) groups is 1. The standard InChI is InChI=1S/C17H17Cl2NOS/c1-10-7-8-15(11(2)9-10)22-12(3)17(21)20-16-13(18)5-4-6-14(16)19/h4-9,12H,1-3H3,(H,20,21)/t12-/m1/s1. The Morgan fingerprint density at radius 3 is 2.36 bits per heavy atom. The second kappa shape index (κ2) is 7.40. The molecule has 0 aliphatic heterocycles. The first kappa shape index (κ1) is 17.2. The molecule has 0 aromatic heterocycles. The maximum Gasteiger partial charge on any atom is 0.237 e. The summed E-state index contributed by atoms with van der Waals surface area (Å²) in [7, 11) is 0. The third-order valence-corrected chi connectivity index (χ3v) is 5.12. The van der Waals surface area contributed by atoms with E-state index in [9.17, 15) is 4.79 Å². The maximum atomic E-state index is 12.4. The van der Waals surface area contributed by atoms with Gasteiger partial charge in [-0.15, -0.1) is 11.8 Å². The fraction of sp³-hybridized carbons (Fsp3) is 0.235. The van der Waals surface area contributed by atoms with Gasteiger partial charge in [0, 0.05) is 4.90 Å². The highest BCUT2D eigenvalue weighted by molar-refractivity contribution is 8.00. The van der Waals surface area contributed by atoms with Crippen LogP contribution in [0.5, 0.6) is 0 Å². The SMILES string of the molecule is Cc1ccc(S[C@H](C)C(=O)Nc2c(Cl)cccc2Cl)c(C)c1. The molecule has 2 nitrogen and oxygen atoms in total. The van der Waals surface area contributed by atoms with Crippen LogP contribution in [0.2, 0.25) is 10.0 Å². The first-order valence-corrected chi connectivity index (χ1v) is 8.51. The minimum atomic E-state index is -0.256. The van der Waals surface area contributed by atoms with E-state index in [1.165, 1.54) is 22.9 Å². The van der Waals surface area contributed by atoms with Crippen LogP contribution in [0.4, 0.5) is 5.69 Å². The monoisotopic (exact) mass is 353 g/mol. The molecule has 2 rings (SSSR count). The molecule has 116 valence electrons. The van der Waals surface area contributed by atoms with Gasteiger partial charge in [-0.3, -0.25) is 4.79 Å². The van der Waals surface area contributed by atoms with Crippen molar-refractivity contribution >= 4 is 46.6 Å². The quantitative estimate of drug-likeness (QED) is 0.711. The fourth-order valence-corrected chi connectivity index (χ4v) is 3.45. The number of thioether (sulfide) groups is 1. The lowest BCUT2D eigenvalue weighted by Crippen LogP contribution is -2.22. The number of carbonyl (C=O) groups excluding carboxylic acids is 1. The van der Waals surface area contributed by atoms with Gasteiger partial charge >= 0.3 is 0 Å². The Balaban J connectivity index is 2.09. The smallest absolute Gasteiger partial charge is 0.237 e. The molecule has 0 aliphatic carbocycles. The molecule has 0 unspecified atom stereocenters. The van der Waals surface area contributed by atoms with Crippen molar-refractivity contribution in [2.75, 3.05) is 5.32 Å². The Bertz CT molecular complexity index is 683. The molecule has 2 aromatic rings. The van der Waals surface area contributed by atoms with Crippen LogP contribution in [0.25, 0.3) is 0 Å². The first-order chi connectivity index (χ1) is 10.4. The molecule has 0 aliphatic rings. The topological polar surface area (TPSA) is 29.1 Å². The summed E-state index contributed by atoms with van der Waals surface area (Å²) in [6.07, 6.45) is 0. The summed E-state index contributed by atoms with van der Waals surface area (Å²) >= 11 is 13.7. The third kappa shape index (κ3) is 4.19. The number of rotatable bonds is 4. The van der Waals surface area contributed by atoms with Gasteiger partial charge in [-0.2, -0.15) is 0 Å². The predicted octanol–water partition coefficient (Wildman–Crippen LogP) is 5.73. The van der Waals surface area contributed by atoms with E-state index in [-0.39, 0.29) is 11.2 Å². The number of halogens is 2. The Labute approximate surface area is 145 Å². The summed E-state index contributed by atoms with van der Waals surface area (Å²) in [5.74, 6) is -0.125. The number of benzene rings is 2. The summed E-state index contributed by atoms with van der Waals surface area (Å²) < 4.78 is 0. The van der Waals surface area contributed by atoms with Crippen molar-refractivity contribution < 1.29 is 4.79 Å². The van der Waals surface area contributed by atoms with E-state index in [2.05, 4.69) is 18.3 Å². The number of hydrogen-bond acceptors (Lipinski definition) is 2. The van der Waals surface area contributed by atoms with Crippen LogP contribution in [0.1, 0.15) is 18.1 Å². The summed E-state index contributed by atoms with van der Waals surface area (Å²) in [6, 6.07) is 11.3. The lowest BCUT2D eigenvalue weighted by Gasteiger charge is -2.15. The molecule has 0 saturated heterocycles. The number of nitrogens with one attached hydrogen (secondary N) is 1. The van der Waals surface area contributed by atoms with E-state index in [0.29, 0.717) is 15.7 Å². The van der Waals surface area contributed by atoms with Crippen molar-refractivity contribution in [1.82, 2.24) is 0 Å². The minimum Gasteiger partial charge on any atom is -0.323 e. The zero-order valence-corrected chi connectivity index (χ0v) is 14.9. The Hall–Kier alpha value is -1.16. The highest BCUT2D eigenvalue weighted by atomic mass is 35.5. The fourth-order valence-electron chi connectivity index (χ4n) is 2.02. The highest BCUT2D eigenvalue weighted by Crippen LogP contribution is 2.32. The average molecular weight is 354 g/mol. The van der Waals surface area contributed by atoms with E-state index in [1.807, 2.05) is 26.0 Å². The number of aryl methyl sites for hydroxylation is 2. The number of amides is 1. The molecule has 0 saturated carbocycles. The van der Waals surface area contributed by atoms with Gasteiger partial charge in [-0.1, -0.05) is 47.0 Å². The van der Waals surface area contributed by atoms with Crippen LogP contribution in [-0.2, 0) is 4.79 Å². The van der Waals surface area contributed by atoms with Crippen LogP contribution in [0.3, 0.4) is 0 Å². The summed E-state index contributed by atoms with van der Waals surface area (Å²) in [4.78, 5) is 13.4. The van der Waals surface area contributed by atoms with Crippen LogP contribution >= 0.6 is 35.0 Å². The second-order valence-corrected chi connectivity index (χ2v) is 7.31. The van der Waals surface area contributed by atoms with Gasteiger partial charge < -0.3 is 5.32 Å². The van der Waals surface area contributed by atoms with E-state index in [0.717, 1.165) is 4.90 Å². The number of anilines is 1. The molecule has 0 bridgehead atoms. The molecule has 0 spiro atoms. The lowest BCUT2D eigenvalue weighted by molar-refractivity contribution is -0.115. The summed E-state index contributed by atoms with van der Waals surface area (Å²) in [5.41, 5.74) is 2.84. The van der Waals surface area contributed by atoms with Crippen LogP contribution in [0.15, 0.2) is 41.3 Å². The van der Waals surface area contributed by atoms with Gasteiger partial charge in [-0.05, 0) is 44.5 Å². The average Bonchev–Trinajstić information content (AvgIpc) is 2.45. The van der Waals surface area contributed by atoms with Crippen LogP contribution < -0.4 is 5.32 Å². The Morgan fingerprint density at radius 2 is 1.77 bits per heavy atom. The van der Waals surface area contributed by atoms with E-state index in [1.54, 1.807) is 18.2 Å². The largest absolute Gasteiger partial charge is 0.323 e. The lowest BCUT2D eigenvalue weighted by atomic mass is 10.2. The van der Waals surface area contributed by atoms with Crippen molar-refractivity contribution in [3.05, 3.63) is 57.6 Å². The minimum absolute atomic E-state index is 0.125. The van der Waals surface area contributed by atoms with Gasteiger partial charge in [-0.25, -0.2) is 0 Å². The molecule has 0 fully saturated rings. The first-order valence-electron chi connectivity index (χ1n) is 6.87. The second-order valence-electron chi connectivity index (χ2n) is 5.11. The van der Waals surface area contributed by atoms with Crippen LogP contribution in [0, 0.1) is 13.8 Å². The van der Waals surface area contributed by atoms with Gasteiger partial charge in [0.15, 0.2) is 0 Å². The van der Waals surface area contributed by atoms with Crippen molar-refractivity contribution in [2.45, 2.75) is 30.9 Å². The molecular formula is C17H17Cl2NOS. The normalized spacial score (nSPS) is 12.0. The molecule has 22 heavy (non-hydrogen) atoms. The molecule has 1 N–H and O–H groups in total. The predicted molar refractivity (Wildman–Crippen MR) is 96.3 cm³/mol. The van der Waals surface area contributed by atoms with Crippen molar-refractivity contribution in [1.29, 1.82) is 0 Å². The van der Waals surface area contributed by atoms with Gasteiger partial charge in [0.2, 0.25) is 5.91 Å². The molecule has 1 amide bonds. The van der Waals surface area contributed by atoms with Crippen molar-refractivity contribution in [3.8, 4) is 0 Å². The summed E-state index contributed by atoms with van der Waals surface area (Å²) in [5, 5.41) is 3.42. The van der Waals surface area contributed by atoms with Gasteiger partial charge in [0.25, 0.3) is 0 Å². The van der Waals surface area contributed by atoms with E-state index < -0.39 is 0 Å². The van der Waals surface area contributed by atoms with Crippen molar-refractivity contribution in [2.24, 2.45) is 0 Å². The van der Waals surface area contributed by atoms with E-state index >= 15 is 0 Å².